The van der Waals surface area contributed by atoms with Crippen LogP contribution in [0.15, 0.2) is 30.3 Å². The van der Waals surface area contributed by atoms with Gasteiger partial charge in [-0.05, 0) is 45.9 Å². The van der Waals surface area contributed by atoms with Crippen LogP contribution in [0.4, 0.5) is 0 Å². The number of hydrogen-bond donors (Lipinski definition) is 0. The van der Waals surface area contributed by atoms with Gasteiger partial charge >= 0.3 is 5.97 Å². The van der Waals surface area contributed by atoms with E-state index in [1.54, 1.807) is 18.2 Å². The summed E-state index contributed by atoms with van der Waals surface area (Å²) in [5.74, 6) is 0.199. The number of ether oxygens (including phenoxy) is 3. The second-order valence-corrected chi connectivity index (χ2v) is 5.78. The Bertz CT molecular complexity index is 779. The molecule has 0 spiro atoms. The first kappa shape index (κ1) is 19.6. The van der Waals surface area contributed by atoms with Crippen molar-refractivity contribution in [3.63, 3.8) is 0 Å². The van der Waals surface area contributed by atoms with Gasteiger partial charge in [0.05, 0.1) is 6.61 Å². The first-order valence-electron chi connectivity index (χ1n) is 8.68. The minimum absolute atomic E-state index is 0.221. The first-order chi connectivity index (χ1) is 12.5. The topological polar surface area (TPSA) is 66.8 Å². The number of carbonyl (C=O) groups excluding carboxylic acids is 2. The fourth-order valence-corrected chi connectivity index (χ4v) is 2.82. The summed E-state index contributed by atoms with van der Waals surface area (Å²) >= 11 is 0. The van der Waals surface area contributed by atoms with Gasteiger partial charge in [-0.2, -0.15) is 0 Å². The van der Waals surface area contributed by atoms with E-state index in [2.05, 4.69) is 0 Å². The zero-order valence-corrected chi connectivity index (χ0v) is 15.7. The number of hydrogen-bond acceptors (Lipinski definition) is 5. The molecule has 6 nitrogen and oxygen atoms in total. The summed E-state index contributed by atoms with van der Waals surface area (Å²) in [6, 6.07) is 8.90. The zero-order chi connectivity index (χ0) is 19.1. The predicted molar refractivity (Wildman–Crippen MR) is 98.0 cm³/mol. The Morgan fingerprint density at radius 2 is 1.65 bits per heavy atom. The highest BCUT2D eigenvalue weighted by atomic mass is 16.6. The molecule has 0 aliphatic heterocycles. The van der Waals surface area contributed by atoms with Crippen LogP contribution in [0, 0.1) is 13.8 Å². The van der Waals surface area contributed by atoms with Gasteiger partial charge in [-0.1, -0.05) is 12.1 Å². The molecule has 0 N–H and O–H groups in total. The molecule has 1 heterocycles. The maximum absolute atomic E-state index is 12.3. The lowest BCUT2D eigenvalue weighted by atomic mass is 10.1. The second-order valence-electron chi connectivity index (χ2n) is 5.78. The molecule has 2 rings (SSSR count). The Morgan fingerprint density at radius 3 is 2.23 bits per heavy atom. The molecule has 140 valence electrons. The molecule has 2 aromatic rings. The Balaban J connectivity index is 1.88. The molecule has 0 atom stereocenters. The van der Waals surface area contributed by atoms with Crippen LogP contribution in [-0.2, 0) is 16.1 Å². The number of ketones is 1. The van der Waals surface area contributed by atoms with Gasteiger partial charge in [-0.15, -0.1) is 0 Å². The van der Waals surface area contributed by atoms with Crippen molar-refractivity contribution in [1.29, 1.82) is 0 Å². The van der Waals surface area contributed by atoms with Crippen molar-refractivity contribution in [3.05, 3.63) is 47.3 Å². The number of para-hydroxylation sites is 2. The Kier molecular flexibility index (Phi) is 6.83. The van der Waals surface area contributed by atoms with Gasteiger partial charge in [0.2, 0.25) is 5.78 Å². The summed E-state index contributed by atoms with van der Waals surface area (Å²) in [4.78, 5) is 24.2. The smallest absolute Gasteiger partial charge is 0.344 e. The summed E-state index contributed by atoms with van der Waals surface area (Å²) in [6.45, 7) is 8.42. The highest BCUT2D eigenvalue weighted by Gasteiger charge is 2.17. The summed E-state index contributed by atoms with van der Waals surface area (Å²) in [7, 11) is 0. The van der Waals surface area contributed by atoms with Crippen molar-refractivity contribution >= 4 is 11.8 Å². The van der Waals surface area contributed by atoms with Crippen LogP contribution >= 0.6 is 0 Å². The van der Waals surface area contributed by atoms with Gasteiger partial charge in [0.15, 0.2) is 24.7 Å². The molecular formula is C20H25NO5. The summed E-state index contributed by atoms with van der Waals surface area (Å²) in [5.41, 5.74) is 2.48. The third-order valence-corrected chi connectivity index (χ3v) is 4.05. The van der Waals surface area contributed by atoms with Crippen LogP contribution < -0.4 is 9.47 Å². The predicted octanol–water partition coefficient (Wildman–Crippen LogP) is 3.33. The van der Waals surface area contributed by atoms with Crippen LogP contribution in [-0.4, -0.2) is 36.1 Å². The minimum Gasteiger partial charge on any atom is -0.490 e. The van der Waals surface area contributed by atoms with E-state index in [1.807, 2.05) is 44.4 Å². The molecule has 0 saturated carbocycles. The molecule has 0 aliphatic carbocycles. The van der Waals surface area contributed by atoms with Gasteiger partial charge < -0.3 is 18.8 Å². The van der Waals surface area contributed by atoms with Crippen molar-refractivity contribution in [2.24, 2.45) is 0 Å². The van der Waals surface area contributed by atoms with E-state index in [-0.39, 0.29) is 19.0 Å². The molecule has 0 saturated heterocycles. The molecule has 0 unspecified atom stereocenters. The van der Waals surface area contributed by atoms with Crippen molar-refractivity contribution in [2.45, 2.75) is 34.2 Å². The van der Waals surface area contributed by atoms with Crippen molar-refractivity contribution < 1.29 is 23.8 Å². The van der Waals surface area contributed by atoms with Crippen LogP contribution in [0.5, 0.6) is 11.5 Å². The summed E-state index contributed by atoms with van der Waals surface area (Å²) in [5, 5.41) is 0. The number of Topliss-reactive ketones (excluding diaryl/α,β-unsaturated/α-hetero) is 1. The van der Waals surface area contributed by atoms with Crippen molar-refractivity contribution in [3.8, 4) is 11.5 Å². The third-order valence-electron chi connectivity index (χ3n) is 4.05. The van der Waals surface area contributed by atoms with E-state index in [9.17, 15) is 9.59 Å². The van der Waals surface area contributed by atoms with E-state index < -0.39 is 5.97 Å². The number of aromatic nitrogens is 1. The minimum atomic E-state index is -0.603. The number of nitrogens with zero attached hydrogens (tertiary/aromatic N) is 1. The average molecular weight is 359 g/mol. The largest absolute Gasteiger partial charge is 0.490 e. The highest BCUT2D eigenvalue weighted by molar-refractivity contribution is 5.99. The maximum Gasteiger partial charge on any atom is 0.344 e. The number of carbonyl (C=O) groups is 2. The van der Waals surface area contributed by atoms with Crippen LogP contribution in [0.1, 0.15) is 35.6 Å². The zero-order valence-electron chi connectivity index (χ0n) is 15.7. The Hall–Kier alpha value is -2.76. The number of esters is 1. The fourth-order valence-electron chi connectivity index (χ4n) is 2.82. The standard InChI is InChI=1S/C20H25NO5/c1-5-21-14(3)11-16(15(21)4)17(22)12-26-20(23)13-25-19-10-8-7-9-18(19)24-6-2/h7-11H,5-6,12-13H2,1-4H3. The van der Waals surface area contributed by atoms with E-state index >= 15 is 0 Å². The summed E-state index contributed by atoms with van der Waals surface area (Å²) in [6.07, 6.45) is 0. The molecule has 0 amide bonds. The summed E-state index contributed by atoms with van der Waals surface area (Å²) < 4.78 is 18.0. The second kappa shape index (κ2) is 9.08. The Morgan fingerprint density at radius 1 is 1.00 bits per heavy atom. The lowest BCUT2D eigenvalue weighted by molar-refractivity contribution is -0.144. The molecule has 26 heavy (non-hydrogen) atoms. The van der Waals surface area contributed by atoms with Crippen LogP contribution in [0.25, 0.3) is 0 Å². The molecule has 0 aliphatic rings. The van der Waals surface area contributed by atoms with E-state index in [1.165, 1.54) is 0 Å². The van der Waals surface area contributed by atoms with E-state index in [0.29, 0.717) is 23.7 Å². The van der Waals surface area contributed by atoms with Gasteiger partial charge in [0, 0.05) is 23.5 Å². The van der Waals surface area contributed by atoms with Gasteiger partial charge in [-0.3, -0.25) is 4.79 Å². The maximum atomic E-state index is 12.3. The number of aryl methyl sites for hydroxylation is 1. The van der Waals surface area contributed by atoms with E-state index in [4.69, 9.17) is 14.2 Å². The molecule has 1 aromatic heterocycles. The molecule has 0 fully saturated rings. The Labute approximate surface area is 153 Å². The molecular weight excluding hydrogens is 334 g/mol. The quantitative estimate of drug-likeness (QED) is 0.507. The lowest BCUT2D eigenvalue weighted by Gasteiger charge is -2.11. The van der Waals surface area contributed by atoms with Gasteiger partial charge in [0.1, 0.15) is 0 Å². The van der Waals surface area contributed by atoms with Gasteiger partial charge in [0.25, 0.3) is 0 Å². The van der Waals surface area contributed by atoms with Crippen molar-refractivity contribution in [1.82, 2.24) is 4.57 Å². The molecule has 6 heteroatoms. The lowest BCUT2D eigenvalue weighted by Crippen LogP contribution is -2.20. The van der Waals surface area contributed by atoms with Crippen molar-refractivity contribution in [2.75, 3.05) is 19.8 Å². The van der Waals surface area contributed by atoms with Gasteiger partial charge in [-0.25, -0.2) is 4.79 Å². The molecule has 0 radical (unpaired) electrons. The SMILES string of the molecule is CCOc1ccccc1OCC(=O)OCC(=O)c1cc(C)n(CC)c1C. The third kappa shape index (κ3) is 4.65. The fraction of sp³-hybridized carbons (Fsp3) is 0.400. The normalized spacial score (nSPS) is 10.5. The van der Waals surface area contributed by atoms with E-state index in [0.717, 1.165) is 17.9 Å². The number of rotatable bonds is 9. The van der Waals surface area contributed by atoms with Crippen LogP contribution in [0.3, 0.4) is 0 Å². The first-order valence-corrected chi connectivity index (χ1v) is 8.68. The monoisotopic (exact) mass is 359 g/mol. The molecule has 1 aromatic carbocycles. The molecule has 0 bridgehead atoms. The average Bonchev–Trinajstić information content (AvgIpc) is 2.93. The number of benzene rings is 1. The highest BCUT2D eigenvalue weighted by Crippen LogP contribution is 2.26. The van der Waals surface area contributed by atoms with Crippen LogP contribution in [0.2, 0.25) is 0 Å².